The van der Waals surface area contributed by atoms with E-state index in [1.807, 2.05) is 30.3 Å². The van der Waals surface area contributed by atoms with E-state index < -0.39 is 0 Å². The topological polar surface area (TPSA) is 54.5 Å². The molecule has 0 fully saturated rings. The van der Waals surface area contributed by atoms with E-state index in [2.05, 4.69) is 36.4 Å². The Labute approximate surface area is 123 Å². The van der Waals surface area contributed by atoms with Crippen LogP contribution in [-0.2, 0) is 5.54 Å². The van der Waals surface area contributed by atoms with Crippen molar-refractivity contribution in [3.8, 4) is 17.5 Å². The van der Waals surface area contributed by atoms with E-state index in [1.54, 1.807) is 12.4 Å². The van der Waals surface area contributed by atoms with E-state index in [4.69, 9.17) is 10.2 Å². The molecular formula is C17H16N4. The summed E-state index contributed by atoms with van der Waals surface area (Å²) in [6.07, 6.45) is 3.53. The Hall–Kier alpha value is -2.67. The van der Waals surface area contributed by atoms with Gasteiger partial charge in [-0.1, -0.05) is 0 Å². The van der Waals surface area contributed by atoms with Gasteiger partial charge < -0.3 is 4.57 Å². The number of rotatable bonds is 1. The molecule has 0 saturated carbocycles. The van der Waals surface area contributed by atoms with Crippen molar-refractivity contribution < 1.29 is 0 Å². The lowest BCUT2D eigenvalue weighted by Gasteiger charge is -2.24. The molecule has 0 saturated heterocycles. The predicted octanol–water partition coefficient (Wildman–Crippen LogP) is 3.72. The zero-order chi connectivity index (χ0) is 15.0. The van der Waals surface area contributed by atoms with Gasteiger partial charge in [0.1, 0.15) is 5.82 Å². The van der Waals surface area contributed by atoms with Gasteiger partial charge in [-0.3, -0.25) is 4.98 Å². The molecule has 3 aromatic rings. The second-order valence-electron chi connectivity index (χ2n) is 5.99. The molecule has 0 aliphatic heterocycles. The van der Waals surface area contributed by atoms with E-state index >= 15 is 0 Å². The maximum Gasteiger partial charge on any atom is 0.141 e. The lowest BCUT2D eigenvalue weighted by atomic mass is 10.1. The van der Waals surface area contributed by atoms with E-state index in [-0.39, 0.29) is 5.54 Å². The molecule has 0 amide bonds. The molecule has 2 heterocycles. The highest BCUT2D eigenvalue weighted by atomic mass is 15.1. The monoisotopic (exact) mass is 276 g/mol. The minimum absolute atomic E-state index is 0.110. The number of fused-ring (bicyclic) bond motifs is 1. The molecule has 4 nitrogen and oxygen atoms in total. The molecule has 1 aromatic carbocycles. The molecule has 0 aliphatic rings. The molecule has 0 unspecified atom stereocenters. The number of nitriles is 1. The summed E-state index contributed by atoms with van der Waals surface area (Å²) in [6.45, 7) is 6.45. The van der Waals surface area contributed by atoms with Crippen LogP contribution in [0.3, 0.4) is 0 Å². The fraction of sp³-hybridized carbons (Fsp3) is 0.235. The number of hydrogen-bond donors (Lipinski definition) is 0. The van der Waals surface area contributed by atoms with Gasteiger partial charge in [0.05, 0.1) is 22.7 Å². The molecule has 4 heteroatoms. The van der Waals surface area contributed by atoms with Crippen molar-refractivity contribution in [2.45, 2.75) is 26.3 Å². The summed E-state index contributed by atoms with van der Waals surface area (Å²) in [7, 11) is 0. The average molecular weight is 276 g/mol. The minimum Gasteiger partial charge on any atom is -0.319 e. The Morgan fingerprint density at radius 3 is 2.43 bits per heavy atom. The van der Waals surface area contributed by atoms with E-state index in [9.17, 15) is 0 Å². The van der Waals surface area contributed by atoms with Crippen molar-refractivity contribution in [3.63, 3.8) is 0 Å². The second-order valence-corrected chi connectivity index (χ2v) is 5.99. The van der Waals surface area contributed by atoms with Gasteiger partial charge in [0, 0.05) is 23.5 Å². The van der Waals surface area contributed by atoms with Gasteiger partial charge in [-0.15, -0.1) is 0 Å². The number of imidazole rings is 1. The molecule has 0 radical (unpaired) electrons. The highest BCUT2D eigenvalue weighted by molar-refractivity contribution is 5.82. The van der Waals surface area contributed by atoms with E-state index in [1.165, 1.54) is 0 Å². The van der Waals surface area contributed by atoms with Crippen LogP contribution in [0.4, 0.5) is 0 Å². The molecule has 21 heavy (non-hydrogen) atoms. The van der Waals surface area contributed by atoms with Crippen molar-refractivity contribution >= 4 is 11.0 Å². The SMILES string of the molecule is CC(C)(C)n1c(-c2ccncc2)nc2cc(C#N)ccc21. The minimum atomic E-state index is -0.110. The maximum absolute atomic E-state index is 9.06. The third-order valence-corrected chi connectivity index (χ3v) is 3.39. The van der Waals surface area contributed by atoms with Crippen molar-refractivity contribution in [1.82, 2.24) is 14.5 Å². The normalized spacial score (nSPS) is 11.5. The Balaban J connectivity index is 2.36. The second kappa shape index (κ2) is 4.71. The van der Waals surface area contributed by atoms with Crippen LogP contribution in [0.5, 0.6) is 0 Å². The lowest BCUT2D eigenvalue weighted by molar-refractivity contribution is 0.413. The van der Waals surface area contributed by atoms with Crippen LogP contribution >= 0.6 is 0 Å². The molecule has 2 aromatic heterocycles. The predicted molar refractivity (Wildman–Crippen MR) is 82.7 cm³/mol. The molecule has 3 rings (SSSR count). The Morgan fingerprint density at radius 1 is 1.10 bits per heavy atom. The fourth-order valence-electron chi connectivity index (χ4n) is 2.52. The van der Waals surface area contributed by atoms with Crippen molar-refractivity contribution in [2.75, 3.05) is 0 Å². The summed E-state index contributed by atoms with van der Waals surface area (Å²) >= 11 is 0. The molecule has 0 aliphatic carbocycles. The third-order valence-electron chi connectivity index (χ3n) is 3.39. The van der Waals surface area contributed by atoms with Crippen molar-refractivity contribution in [1.29, 1.82) is 5.26 Å². The van der Waals surface area contributed by atoms with Crippen LogP contribution in [0.15, 0.2) is 42.7 Å². The first kappa shape index (κ1) is 13.3. The first-order valence-electron chi connectivity index (χ1n) is 6.84. The van der Waals surface area contributed by atoms with Gasteiger partial charge in [-0.05, 0) is 51.1 Å². The van der Waals surface area contributed by atoms with Gasteiger partial charge >= 0.3 is 0 Å². The summed E-state index contributed by atoms with van der Waals surface area (Å²) < 4.78 is 2.21. The number of pyridine rings is 1. The number of nitrogens with zero attached hydrogens (tertiary/aromatic N) is 4. The molecule has 0 atom stereocenters. The standard InChI is InChI=1S/C17H16N4/c1-17(2,3)21-15-5-4-12(11-18)10-14(15)20-16(21)13-6-8-19-9-7-13/h4-10H,1-3H3. The summed E-state index contributed by atoms with van der Waals surface area (Å²) in [6, 6.07) is 11.7. The van der Waals surface area contributed by atoms with E-state index in [0.717, 1.165) is 22.4 Å². The van der Waals surface area contributed by atoms with Gasteiger partial charge in [-0.25, -0.2) is 4.98 Å². The Kier molecular flexibility index (Phi) is 2.99. The number of benzene rings is 1. The zero-order valence-corrected chi connectivity index (χ0v) is 12.3. The maximum atomic E-state index is 9.06. The Morgan fingerprint density at radius 2 is 1.81 bits per heavy atom. The first-order chi connectivity index (χ1) is 10.0. The smallest absolute Gasteiger partial charge is 0.141 e. The summed E-state index contributed by atoms with van der Waals surface area (Å²) in [5.41, 5.74) is 3.42. The highest BCUT2D eigenvalue weighted by Gasteiger charge is 2.22. The molecular weight excluding hydrogens is 260 g/mol. The summed E-state index contributed by atoms with van der Waals surface area (Å²) in [4.78, 5) is 8.81. The first-order valence-corrected chi connectivity index (χ1v) is 6.84. The quantitative estimate of drug-likeness (QED) is 0.680. The van der Waals surface area contributed by atoms with Gasteiger partial charge in [0.2, 0.25) is 0 Å². The van der Waals surface area contributed by atoms with Crippen molar-refractivity contribution in [2.24, 2.45) is 0 Å². The van der Waals surface area contributed by atoms with Gasteiger partial charge in [-0.2, -0.15) is 5.26 Å². The zero-order valence-electron chi connectivity index (χ0n) is 12.3. The third kappa shape index (κ3) is 2.27. The highest BCUT2D eigenvalue weighted by Crippen LogP contribution is 2.31. The van der Waals surface area contributed by atoms with Crippen LogP contribution in [0.25, 0.3) is 22.4 Å². The largest absolute Gasteiger partial charge is 0.319 e. The Bertz CT molecular complexity index is 833. The average Bonchev–Trinajstić information content (AvgIpc) is 2.86. The molecule has 0 N–H and O–H groups in total. The van der Waals surface area contributed by atoms with Crippen LogP contribution in [-0.4, -0.2) is 14.5 Å². The van der Waals surface area contributed by atoms with E-state index in [0.29, 0.717) is 5.56 Å². The summed E-state index contributed by atoms with van der Waals surface area (Å²) in [5.74, 6) is 0.898. The number of aromatic nitrogens is 3. The van der Waals surface area contributed by atoms with Crippen LogP contribution < -0.4 is 0 Å². The van der Waals surface area contributed by atoms with Crippen LogP contribution in [0.2, 0.25) is 0 Å². The lowest BCUT2D eigenvalue weighted by Crippen LogP contribution is -2.22. The van der Waals surface area contributed by atoms with Gasteiger partial charge in [0.15, 0.2) is 0 Å². The molecule has 0 bridgehead atoms. The van der Waals surface area contributed by atoms with Crippen LogP contribution in [0, 0.1) is 11.3 Å². The molecule has 0 spiro atoms. The molecule has 104 valence electrons. The van der Waals surface area contributed by atoms with Gasteiger partial charge in [0.25, 0.3) is 0 Å². The summed E-state index contributed by atoms with van der Waals surface area (Å²) in [5, 5.41) is 9.06. The van der Waals surface area contributed by atoms with Crippen molar-refractivity contribution in [3.05, 3.63) is 48.3 Å². The van der Waals surface area contributed by atoms with Crippen LogP contribution in [0.1, 0.15) is 26.3 Å². The number of hydrogen-bond acceptors (Lipinski definition) is 3. The fourth-order valence-corrected chi connectivity index (χ4v) is 2.52.